The summed E-state index contributed by atoms with van der Waals surface area (Å²) in [6, 6.07) is 17.7. The summed E-state index contributed by atoms with van der Waals surface area (Å²) >= 11 is 0. The molecule has 1 aliphatic rings. The van der Waals surface area contributed by atoms with Crippen LogP contribution in [0.4, 0.5) is 0 Å². The van der Waals surface area contributed by atoms with Crippen molar-refractivity contribution in [2.45, 2.75) is 40.0 Å². The maximum Gasteiger partial charge on any atom is 0.336 e. The van der Waals surface area contributed by atoms with Gasteiger partial charge in [-0.15, -0.1) is 0 Å². The van der Waals surface area contributed by atoms with Gasteiger partial charge in [0.1, 0.15) is 11.5 Å². The van der Waals surface area contributed by atoms with Crippen LogP contribution in [0.3, 0.4) is 0 Å². The molecule has 0 aromatic heterocycles. The summed E-state index contributed by atoms with van der Waals surface area (Å²) in [5.41, 5.74) is 5.23. The molecule has 4 rings (SSSR count). The number of aromatic carboxylic acids is 1. The minimum atomic E-state index is -0.928. The van der Waals surface area contributed by atoms with E-state index in [9.17, 15) is 9.90 Å². The molecule has 1 aliphatic heterocycles. The van der Waals surface area contributed by atoms with Crippen molar-refractivity contribution in [2.24, 2.45) is 0 Å². The van der Waals surface area contributed by atoms with Gasteiger partial charge in [0.2, 0.25) is 0 Å². The van der Waals surface area contributed by atoms with Crippen molar-refractivity contribution in [2.75, 3.05) is 0 Å². The number of rotatable bonds is 5. The summed E-state index contributed by atoms with van der Waals surface area (Å²) in [5, 5.41) is 11.9. The third-order valence-corrected chi connectivity index (χ3v) is 5.56. The van der Waals surface area contributed by atoms with Gasteiger partial charge in [0.15, 0.2) is 0 Å². The first-order chi connectivity index (χ1) is 14.5. The first-order valence-electron chi connectivity index (χ1n) is 10.5. The Morgan fingerprint density at radius 2 is 1.80 bits per heavy atom. The van der Waals surface area contributed by atoms with Gasteiger partial charge >= 0.3 is 5.97 Å². The van der Waals surface area contributed by atoms with E-state index in [1.54, 1.807) is 12.1 Å². The summed E-state index contributed by atoms with van der Waals surface area (Å²) in [7, 11) is 0. The van der Waals surface area contributed by atoms with Gasteiger partial charge in [0.25, 0.3) is 0 Å². The molecule has 0 radical (unpaired) electrons. The molecule has 0 bridgehead atoms. The van der Waals surface area contributed by atoms with E-state index in [1.807, 2.05) is 12.1 Å². The van der Waals surface area contributed by atoms with E-state index in [0.29, 0.717) is 11.1 Å². The summed E-state index contributed by atoms with van der Waals surface area (Å²) in [5.74, 6) is 0.634. The van der Waals surface area contributed by atoms with Crippen molar-refractivity contribution in [1.82, 2.24) is 0 Å². The van der Waals surface area contributed by atoms with Crippen LogP contribution in [0.15, 0.2) is 54.6 Å². The number of carboxylic acids is 1. The smallest absolute Gasteiger partial charge is 0.336 e. The average Bonchev–Trinajstić information content (AvgIpc) is 2.73. The highest BCUT2D eigenvalue weighted by Crippen LogP contribution is 2.37. The van der Waals surface area contributed by atoms with Gasteiger partial charge in [-0.2, -0.15) is 0 Å². The lowest BCUT2D eigenvalue weighted by molar-refractivity contribution is 0.0696. The molecule has 0 saturated heterocycles. The molecule has 0 fully saturated rings. The van der Waals surface area contributed by atoms with E-state index in [4.69, 9.17) is 4.74 Å². The standard InChI is InChI=1S/C27H26O3/c1-4-8-18-12-13-22-24(15-18)30-25-16-19(9-5-2)17(3)14-23(25)26(22)20-10-6-7-11-21(20)27(28)29/h6-7,9-16H,4-5,8H2,1-3H3,(H,28,29)/b19-9-. The zero-order chi connectivity index (χ0) is 21.3. The van der Waals surface area contributed by atoms with Crippen LogP contribution in [0.25, 0.3) is 11.6 Å². The van der Waals surface area contributed by atoms with E-state index in [2.05, 4.69) is 57.2 Å². The third-order valence-electron chi connectivity index (χ3n) is 5.56. The van der Waals surface area contributed by atoms with Crippen LogP contribution in [0.5, 0.6) is 11.5 Å². The van der Waals surface area contributed by atoms with Crippen molar-refractivity contribution in [1.29, 1.82) is 0 Å². The molecule has 3 aromatic carbocycles. The van der Waals surface area contributed by atoms with Crippen LogP contribution in [-0.4, -0.2) is 11.1 Å². The summed E-state index contributed by atoms with van der Waals surface area (Å²) in [6.45, 7) is 6.36. The van der Waals surface area contributed by atoms with E-state index >= 15 is 0 Å². The Morgan fingerprint density at radius 1 is 1.00 bits per heavy atom. The molecule has 1 N–H and O–H groups in total. The van der Waals surface area contributed by atoms with Gasteiger partial charge in [0.05, 0.1) is 5.56 Å². The Kier molecular flexibility index (Phi) is 5.45. The lowest BCUT2D eigenvalue weighted by Gasteiger charge is -2.23. The highest BCUT2D eigenvalue weighted by molar-refractivity contribution is 5.98. The van der Waals surface area contributed by atoms with Crippen molar-refractivity contribution in [3.05, 3.63) is 92.9 Å². The Balaban J connectivity index is 2.10. The Bertz CT molecular complexity index is 1250. The fourth-order valence-corrected chi connectivity index (χ4v) is 4.17. The molecule has 0 amide bonds. The Hall–Kier alpha value is -3.33. The molecule has 152 valence electrons. The lowest BCUT2D eigenvalue weighted by atomic mass is 9.88. The van der Waals surface area contributed by atoms with E-state index < -0.39 is 5.97 Å². The highest BCUT2D eigenvalue weighted by Gasteiger charge is 2.24. The fraction of sp³-hybridized carbons (Fsp3) is 0.222. The fourth-order valence-electron chi connectivity index (χ4n) is 4.17. The van der Waals surface area contributed by atoms with Gasteiger partial charge in [-0.1, -0.05) is 56.7 Å². The largest absolute Gasteiger partial charge is 0.478 e. The Morgan fingerprint density at radius 3 is 2.53 bits per heavy atom. The van der Waals surface area contributed by atoms with Crippen LogP contribution in [0, 0.1) is 6.92 Å². The summed E-state index contributed by atoms with van der Waals surface area (Å²) in [4.78, 5) is 12.0. The normalized spacial score (nSPS) is 12.9. The summed E-state index contributed by atoms with van der Waals surface area (Å²) in [6.07, 6.45) is 5.16. The second kappa shape index (κ2) is 8.19. The average molecular weight is 399 g/mol. The van der Waals surface area contributed by atoms with Crippen molar-refractivity contribution in [3.8, 4) is 11.5 Å². The number of hydrogen-bond donors (Lipinski definition) is 1. The van der Waals surface area contributed by atoms with Crippen LogP contribution in [0.2, 0.25) is 0 Å². The topological polar surface area (TPSA) is 46.5 Å². The second-order valence-corrected chi connectivity index (χ2v) is 7.73. The van der Waals surface area contributed by atoms with E-state index in [-0.39, 0.29) is 0 Å². The van der Waals surface area contributed by atoms with Crippen LogP contribution in [-0.2, 0) is 6.42 Å². The van der Waals surface area contributed by atoms with Crippen molar-refractivity contribution < 1.29 is 14.6 Å². The SMILES string of the molecule is CC/C=c1/cc2c(cc1C)=C(c1ccccc1C(=O)O)c1ccc(CCC)cc1O2. The zero-order valence-corrected chi connectivity index (χ0v) is 17.7. The predicted octanol–water partition coefficient (Wildman–Crippen LogP) is 5.19. The molecular formula is C27H26O3. The minimum Gasteiger partial charge on any atom is -0.478 e. The number of fused-ring (bicyclic) bond motifs is 2. The predicted molar refractivity (Wildman–Crippen MR) is 121 cm³/mol. The molecule has 3 heteroatoms. The van der Waals surface area contributed by atoms with Gasteiger partial charge in [-0.3, -0.25) is 0 Å². The molecular weight excluding hydrogens is 372 g/mol. The van der Waals surface area contributed by atoms with Gasteiger partial charge in [-0.05, 0) is 65.9 Å². The molecule has 1 heterocycles. The van der Waals surface area contributed by atoms with Crippen molar-refractivity contribution >= 4 is 17.6 Å². The molecule has 3 aromatic rings. The minimum absolute atomic E-state index is 0.297. The molecule has 0 atom stereocenters. The number of aryl methyl sites for hydroxylation is 2. The van der Waals surface area contributed by atoms with Crippen LogP contribution >= 0.6 is 0 Å². The number of hydrogen-bond acceptors (Lipinski definition) is 2. The number of ether oxygens (including phenoxy) is 1. The van der Waals surface area contributed by atoms with Crippen LogP contribution in [0.1, 0.15) is 59.3 Å². The molecule has 3 nitrogen and oxygen atoms in total. The lowest BCUT2D eigenvalue weighted by Crippen LogP contribution is -2.23. The molecule has 0 saturated carbocycles. The maximum atomic E-state index is 12.0. The highest BCUT2D eigenvalue weighted by atomic mass is 16.5. The van der Waals surface area contributed by atoms with Gasteiger partial charge in [0, 0.05) is 16.4 Å². The molecule has 0 spiro atoms. The molecule has 0 aliphatic carbocycles. The number of carbonyl (C=O) groups is 1. The molecule has 0 unspecified atom stereocenters. The Labute approximate surface area is 177 Å². The number of benzene rings is 3. The van der Waals surface area contributed by atoms with E-state index in [1.165, 1.54) is 5.56 Å². The first kappa shape index (κ1) is 20.0. The van der Waals surface area contributed by atoms with Crippen LogP contribution < -0.4 is 15.2 Å². The monoisotopic (exact) mass is 398 g/mol. The van der Waals surface area contributed by atoms with Gasteiger partial charge in [-0.25, -0.2) is 4.79 Å². The summed E-state index contributed by atoms with van der Waals surface area (Å²) < 4.78 is 6.37. The number of carboxylic acid groups (broad SMARTS) is 1. The zero-order valence-electron chi connectivity index (χ0n) is 17.7. The quantitative estimate of drug-likeness (QED) is 0.503. The van der Waals surface area contributed by atoms with Crippen molar-refractivity contribution in [3.63, 3.8) is 0 Å². The third kappa shape index (κ3) is 3.52. The van der Waals surface area contributed by atoms with Gasteiger partial charge < -0.3 is 9.84 Å². The first-order valence-corrected chi connectivity index (χ1v) is 10.5. The second-order valence-electron chi connectivity index (χ2n) is 7.73. The van der Waals surface area contributed by atoms with E-state index in [0.717, 1.165) is 57.9 Å². The maximum absolute atomic E-state index is 12.0. The molecule has 30 heavy (non-hydrogen) atoms.